The van der Waals surface area contributed by atoms with Gasteiger partial charge < -0.3 is 4.74 Å². The van der Waals surface area contributed by atoms with Crippen LogP contribution in [0.4, 0.5) is 0 Å². The minimum Gasteiger partial charge on any atom is -0.478 e. The molecule has 3 heteroatoms. The van der Waals surface area contributed by atoms with E-state index < -0.39 is 0 Å². The standard InChI is InChI=1S/C14H18N2O.C4H10/c1-14(2,13-15-8-9-17-13)12-5-3-4-11(16-12)10-6-7-10;1-3-4-2/h3-5,10H,6-9H2,1-2H3;3-4H2,1-2H3. The van der Waals surface area contributed by atoms with E-state index in [4.69, 9.17) is 9.72 Å². The predicted octanol–water partition coefficient (Wildman–Crippen LogP) is 4.47. The Balaban J connectivity index is 0.000000361. The Morgan fingerprint density at radius 3 is 2.43 bits per heavy atom. The Bertz CT molecular complexity index is 488. The van der Waals surface area contributed by atoms with E-state index in [1.165, 1.54) is 31.4 Å². The topological polar surface area (TPSA) is 34.5 Å². The summed E-state index contributed by atoms with van der Waals surface area (Å²) in [6.07, 6.45) is 5.21. The molecule has 3 rings (SSSR count). The third-order valence-corrected chi connectivity index (χ3v) is 4.03. The smallest absolute Gasteiger partial charge is 0.195 e. The molecule has 0 unspecified atom stereocenters. The minimum atomic E-state index is -0.207. The van der Waals surface area contributed by atoms with Crippen molar-refractivity contribution in [2.24, 2.45) is 4.99 Å². The molecule has 0 atom stereocenters. The Morgan fingerprint density at radius 2 is 1.90 bits per heavy atom. The molecule has 1 fully saturated rings. The quantitative estimate of drug-likeness (QED) is 0.819. The average Bonchev–Trinajstić information content (AvgIpc) is 3.21. The predicted molar refractivity (Wildman–Crippen MR) is 88.1 cm³/mol. The zero-order chi connectivity index (χ0) is 15.3. The summed E-state index contributed by atoms with van der Waals surface area (Å²) in [5.41, 5.74) is 2.10. The molecule has 0 amide bonds. The van der Waals surface area contributed by atoms with Crippen LogP contribution in [0.3, 0.4) is 0 Å². The molecule has 1 aliphatic carbocycles. The lowest BCUT2D eigenvalue weighted by atomic mass is 9.88. The second-order valence-corrected chi connectivity index (χ2v) is 6.38. The van der Waals surface area contributed by atoms with Gasteiger partial charge in [0.15, 0.2) is 5.90 Å². The number of aromatic nitrogens is 1. The van der Waals surface area contributed by atoms with E-state index in [9.17, 15) is 0 Å². The number of hydrogen-bond donors (Lipinski definition) is 0. The van der Waals surface area contributed by atoms with Crippen molar-refractivity contribution in [3.05, 3.63) is 29.6 Å². The van der Waals surface area contributed by atoms with E-state index in [0.717, 1.165) is 18.1 Å². The van der Waals surface area contributed by atoms with Crippen LogP contribution in [0.25, 0.3) is 0 Å². The molecule has 21 heavy (non-hydrogen) atoms. The van der Waals surface area contributed by atoms with Gasteiger partial charge in [-0.3, -0.25) is 9.98 Å². The lowest BCUT2D eigenvalue weighted by molar-refractivity contribution is 0.317. The maximum atomic E-state index is 5.60. The highest BCUT2D eigenvalue weighted by Crippen LogP contribution is 2.39. The van der Waals surface area contributed by atoms with Gasteiger partial charge in [0.1, 0.15) is 6.61 Å². The highest BCUT2D eigenvalue weighted by atomic mass is 16.5. The van der Waals surface area contributed by atoms with E-state index in [1.807, 2.05) is 0 Å². The van der Waals surface area contributed by atoms with Crippen molar-refractivity contribution in [3.8, 4) is 0 Å². The van der Waals surface area contributed by atoms with E-state index >= 15 is 0 Å². The van der Waals surface area contributed by atoms with Crippen LogP contribution in [0, 0.1) is 0 Å². The fourth-order valence-corrected chi connectivity index (χ4v) is 2.23. The molecule has 1 aromatic heterocycles. The van der Waals surface area contributed by atoms with Crippen molar-refractivity contribution < 1.29 is 4.74 Å². The molecule has 3 nitrogen and oxygen atoms in total. The highest BCUT2D eigenvalue weighted by Gasteiger charge is 2.34. The third-order valence-electron chi connectivity index (χ3n) is 4.03. The van der Waals surface area contributed by atoms with Gasteiger partial charge in [-0.15, -0.1) is 0 Å². The molecule has 1 saturated carbocycles. The van der Waals surface area contributed by atoms with Crippen molar-refractivity contribution in [1.29, 1.82) is 0 Å². The van der Waals surface area contributed by atoms with E-state index in [-0.39, 0.29) is 5.41 Å². The second kappa shape index (κ2) is 7.06. The van der Waals surface area contributed by atoms with E-state index in [1.54, 1.807) is 0 Å². The normalized spacial score (nSPS) is 17.6. The van der Waals surface area contributed by atoms with Gasteiger partial charge in [-0.2, -0.15) is 0 Å². The number of rotatable bonds is 4. The fourth-order valence-electron chi connectivity index (χ4n) is 2.23. The van der Waals surface area contributed by atoms with Crippen molar-refractivity contribution in [1.82, 2.24) is 4.98 Å². The molecule has 0 aromatic carbocycles. The van der Waals surface area contributed by atoms with Gasteiger partial charge >= 0.3 is 0 Å². The summed E-state index contributed by atoms with van der Waals surface area (Å²) in [6.45, 7) is 10.1. The summed E-state index contributed by atoms with van der Waals surface area (Å²) in [7, 11) is 0. The summed E-state index contributed by atoms with van der Waals surface area (Å²) < 4.78 is 5.60. The molecule has 2 heterocycles. The molecule has 2 aliphatic rings. The molecule has 0 spiro atoms. The SMILES string of the molecule is CC(C)(C1=NCCO1)c1cccc(C2CC2)n1.CCCC. The number of pyridine rings is 1. The van der Waals surface area contributed by atoms with Crippen LogP contribution in [0.5, 0.6) is 0 Å². The van der Waals surface area contributed by atoms with Crippen molar-refractivity contribution in [3.63, 3.8) is 0 Å². The molecule has 0 radical (unpaired) electrons. The van der Waals surface area contributed by atoms with Gasteiger partial charge in [-0.1, -0.05) is 32.8 Å². The van der Waals surface area contributed by atoms with Crippen LogP contribution < -0.4 is 0 Å². The van der Waals surface area contributed by atoms with Crippen LogP contribution in [-0.2, 0) is 10.2 Å². The van der Waals surface area contributed by atoms with Gasteiger partial charge in [0.05, 0.1) is 17.7 Å². The highest BCUT2D eigenvalue weighted by molar-refractivity contribution is 5.87. The molecule has 1 aromatic rings. The van der Waals surface area contributed by atoms with Crippen LogP contribution in [-0.4, -0.2) is 24.0 Å². The van der Waals surface area contributed by atoms with E-state index in [2.05, 4.69) is 50.9 Å². The Labute approximate surface area is 128 Å². The van der Waals surface area contributed by atoms with E-state index in [0.29, 0.717) is 12.5 Å². The maximum Gasteiger partial charge on any atom is 0.195 e. The average molecular weight is 288 g/mol. The number of nitrogens with zero attached hydrogens (tertiary/aromatic N) is 2. The zero-order valence-corrected chi connectivity index (χ0v) is 13.9. The minimum absolute atomic E-state index is 0.207. The summed E-state index contributed by atoms with van der Waals surface area (Å²) in [6, 6.07) is 6.32. The second-order valence-electron chi connectivity index (χ2n) is 6.38. The van der Waals surface area contributed by atoms with Crippen molar-refractivity contribution in [2.45, 2.75) is 64.7 Å². The summed E-state index contributed by atoms with van der Waals surface area (Å²) in [4.78, 5) is 9.22. The first-order valence-corrected chi connectivity index (χ1v) is 8.24. The molecule has 0 saturated heterocycles. The van der Waals surface area contributed by atoms with Crippen molar-refractivity contribution in [2.75, 3.05) is 13.2 Å². The van der Waals surface area contributed by atoms with Crippen molar-refractivity contribution >= 4 is 5.90 Å². The first kappa shape index (κ1) is 16.0. The lowest BCUT2D eigenvalue weighted by Crippen LogP contribution is -2.30. The first-order chi connectivity index (χ1) is 10.1. The van der Waals surface area contributed by atoms with Crippen LogP contribution in [0.1, 0.15) is 70.7 Å². The molecular weight excluding hydrogens is 260 g/mol. The largest absolute Gasteiger partial charge is 0.478 e. The van der Waals surface area contributed by atoms with Gasteiger partial charge in [-0.05, 0) is 38.8 Å². The summed E-state index contributed by atoms with van der Waals surface area (Å²) in [5, 5.41) is 0. The monoisotopic (exact) mass is 288 g/mol. The molecule has 0 bridgehead atoms. The molecule has 1 aliphatic heterocycles. The van der Waals surface area contributed by atoms with Gasteiger partial charge in [-0.25, -0.2) is 0 Å². The number of unbranched alkanes of at least 4 members (excludes halogenated alkanes) is 1. The Hall–Kier alpha value is -1.38. The van der Waals surface area contributed by atoms with Gasteiger partial charge in [0.25, 0.3) is 0 Å². The summed E-state index contributed by atoms with van der Waals surface area (Å²) >= 11 is 0. The van der Waals surface area contributed by atoms with Crippen LogP contribution >= 0.6 is 0 Å². The first-order valence-electron chi connectivity index (χ1n) is 8.24. The van der Waals surface area contributed by atoms with Crippen LogP contribution in [0.15, 0.2) is 23.2 Å². The molecule has 116 valence electrons. The molecule has 0 N–H and O–H groups in total. The summed E-state index contributed by atoms with van der Waals surface area (Å²) in [5.74, 6) is 1.52. The maximum absolute atomic E-state index is 5.60. The third kappa shape index (κ3) is 4.05. The van der Waals surface area contributed by atoms with Gasteiger partial charge in [0.2, 0.25) is 0 Å². The Kier molecular flexibility index (Phi) is 5.38. The number of aliphatic imine (C=N–C) groups is 1. The number of ether oxygens (including phenoxy) is 1. The fraction of sp³-hybridized carbons (Fsp3) is 0.667. The van der Waals surface area contributed by atoms with Gasteiger partial charge in [0, 0.05) is 11.6 Å². The molecular formula is C18H28N2O. The Morgan fingerprint density at radius 1 is 1.19 bits per heavy atom. The zero-order valence-electron chi connectivity index (χ0n) is 13.9. The number of hydrogen-bond acceptors (Lipinski definition) is 3. The lowest BCUT2D eigenvalue weighted by Gasteiger charge is -2.23. The van der Waals surface area contributed by atoms with Crippen LogP contribution in [0.2, 0.25) is 0 Å².